The van der Waals surface area contributed by atoms with Crippen LogP contribution in [0.2, 0.25) is 0 Å². The van der Waals surface area contributed by atoms with Crippen LogP contribution in [0.25, 0.3) is 0 Å². The van der Waals surface area contributed by atoms with Gasteiger partial charge in [0.15, 0.2) is 0 Å². The van der Waals surface area contributed by atoms with Crippen molar-refractivity contribution >= 4 is 35.3 Å². The number of thioether (sulfide) groups is 2. The first-order valence-corrected chi connectivity index (χ1v) is 8.15. The lowest BCUT2D eigenvalue weighted by atomic mass is 10.0. The van der Waals surface area contributed by atoms with Crippen molar-refractivity contribution in [3.05, 3.63) is 12.2 Å². The summed E-state index contributed by atoms with van der Waals surface area (Å²) in [4.78, 5) is 23.6. The van der Waals surface area contributed by atoms with Crippen LogP contribution >= 0.6 is 23.5 Å². The van der Waals surface area contributed by atoms with Crippen LogP contribution in [-0.2, 0) is 9.59 Å². The van der Waals surface area contributed by atoms with E-state index in [0.717, 1.165) is 11.3 Å². The molecule has 0 bridgehead atoms. The highest BCUT2D eigenvalue weighted by Gasteiger charge is 2.34. The molecule has 2 N–H and O–H groups in total. The van der Waals surface area contributed by atoms with Gasteiger partial charge in [-0.3, -0.25) is 9.59 Å². The van der Waals surface area contributed by atoms with Crippen molar-refractivity contribution in [1.29, 1.82) is 0 Å². The van der Waals surface area contributed by atoms with E-state index in [1.54, 1.807) is 23.5 Å². The average molecular weight is 274 g/mol. The molecule has 0 aliphatic carbocycles. The largest absolute Gasteiger partial charge is 0.342 e. The molecule has 1 saturated heterocycles. The number of hydrogen-bond donors (Lipinski definition) is 2. The molecule has 4 nitrogen and oxygen atoms in total. The van der Waals surface area contributed by atoms with E-state index in [1.165, 1.54) is 0 Å². The Bertz CT molecular complexity index is 321. The highest BCUT2D eigenvalue weighted by atomic mass is 32.2. The van der Waals surface area contributed by atoms with Gasteiger partial charge in [0.05, 0.1) is 0 Å². The number of carbonyl (C=O) groups excluding carboxylic acids is 2. The molecule has 0 radical (unpaired) electrons. The Labute approximate surface area is 110 Å². The van der Waals surface area contributed by atoms with E-state index in [0.29, 0.717) is 12.2 Å². The molecule has 96 valence electrons. The van der Waals surface area contributed by atoms with Gasteiger partial charge in [0.2, 0.25) is 11.8 Å². The maximum atomic E-state index is 11.8. The summed E-state index contributed by atoms with van der Waals surface area (Å²) in [6.45, 7) is 3.84. The van der Waals surface area contributed by atoms with Crippen LogP contribution in [0.3, 0.4) is 0 Å². The summed E-state index contributed by atoms with van der Waals surface area (Å²) in [5.41, 5.74) is 0.742. The van der Waals surface area contributed by atoms with Crippen molar-refractivity contribution < 1.29 is 9.59 Å². The Morgan fingerprint density at radius 2 is 1.94 bits per heavy atom. The summed E-state index contributed by atoms with van der Waals surface area (Å²) >= 11 is 3.25. The molecule has 2 atom stereocenters. The van der Waals surface area contributed by atoms with Gasteiger partial charge in [-0.25, -0.2) is 0 Å². The first-order valence-electron chi connectivity index (χ1n) is 5.36. The Kier molecular flexibility index (Phi) is 5.91. The third-order valence-electron chi connectivity index (χ3n) is 2.53. The van der Waals surface area contributed by atoms with Crippen molar-refractivity contribution in [2.24, 2.45) is 0 Å². The predicted octanol–water partition coefficient (Wildman–Crippen LogP) is 0.642. The van der Waals surface area contributed by atoms with Crippen LogP contribution in [0.15, 0.2) is 12.2 Å². The summed E-state index contributed by atoms with van der Waals surface area (Å²) in [6.07, 6.45) is 4.58. The fourth-order valence-corrected chi connectivity index (χ4v) is 2.63. The lowest BCUT2D eigenvalue weighted by Crippen LogP contribution is -2.62. The number of rotatable bonds is 6. The van der Waals surface area contributed by atoms with Gasteiger partial charge in [-0.1, -0.05) is 6.58 Å². The van der Waals surface area contributed by atoms with Crippen LogP contribution in [0.5, 0.6) is 0 Å². The Hall–Kier alpha value is -0.620. The van der Waals surface area contributed by atoms with Crippen molar-refractivity contribution in [2.45, 2.75) is 18.5 Å². The van der Waals surface area contributed by atoms with E-state index in [2.05, 4.69) is 17.2 Å². The second-order valence-corrected chi connectivity index (χ2v) is 5.73. The van der Waals surface area contributed by atoms with Crippen molar-refractivity contribution in [3.63, 3.8) is 0 Å². The molecule has 0 aromatic carbocycles. The fraction of sp³-hybridized carbons (Fsp3) is 0.636. The highest BCUT2D eigenvalue weighted by Crippen LogP contribution is 2.12. The zero-order chi connectivity index (χ0) is 12.8. The maximum absolute atomic E-state index is 11.8. The number of hydrogen-bond acceptors (Lipinski definition) is 4. The number of nitrogens with one attached hydrogen (secondary N) is 2. The summed E-state index contributed by atoms with van der Waals surface area (Å²) in [5, 5.41) is 5.49. The SMILES string of the molecule is C=C(CSC)C1NC(=O)C(CCSC)NC1=O. The Morgan fingerprint density at radius 1 is 1.24 bits per heavy atom. The number of amides is 2. The molecule has 1 fully saturated rings. The first-order chi connectivity index (χ1) is 8.10. The lowest BCUT2D eigenvalue weighted by Gasteiger charge is -2.30. The smallest absolute Gasteiger partial charge is 0.247 e. The van der Waals surface area contributed by atoms with Gasteiger partial charge >= 0.3 is 0 Å². The van der Waals surface area contributed by atoms with E-state index < -0.39 is 12.1 Å². The average Bonchev–Trinajstić information content (AvgIpc) is 2.30. The number of carbonyl (C=O) groups is 2. The van der Waals surface area contributed by atoms with Gasteiger partial charge in [0, 0.05) is 5.75 Å². The van der Waals surface area contributed by atoms with Crippen LogP contribution in [0.1, 0.15) is 6.42 Å². The van der Waals surface area contributed by atoms with E-state index >= 15 is 0 Å². The molecule has 1 aliphatic heterocycles. The monoisotopic (exact) mass is 274 g/mol. The molecule has 17 heavy (non-hydrogen) atoms. The normalized spacial score (nSPS) is 24.1. The molecule has 0 aromatic heterocycles. The molecule has 1 rings (SSSR count). The Balaban J connectivity index is 2.58. The van der Waals surface area contributed by atoms with Crippen molar-refractivity contribution in [3.8, 4) is 0 Å². The minimum atomic E-state index is -0.569. The van der Waals surface area contributed by atoms with Crippen LogP contribution in [-0.4, -0.2) is 47.9 Å². The maximum Gasteiger partial charge on any atom is 0.247 e. The van der Waals surface area contributed by atoms with Gasteiger partial charge in [-0.05, 0) is 30.3 Å². The third-order valence-corrected chi connectivity index (χ3v) is 3.83. The van der Waals surface area contributed by atoms with E-state index in [4.69, 9.17) is 0 Å². The molecular weight excluding hydrogens is 256 g/mol. The van der Waals surface area contributed by atoms with Gasteiger partial charge in [-0.15, -0.1) is 0 Å². The first kappa shape index (κ1) is 14.4. The van der Waals surface area contributed by atoms with Crippen LogP contribution < -0.4 is 10.6 Å². The van der Waals surface area contributed by atoms with Gasteiger partial charge in [0.25, 0.3) is 0 Å². The summed E-state index contributed by atoms with van der Waals surface area (Å²) < 4.78 is 0. The Morgan fingerprint density at radius 3 is 2.53 bits per heavy atom. The summed E-state index contributed by atoms with van der Waals surface area (Å²) in [5.74, 6) is 1.28. The van der Waals surface area contributed by atoms with Crippen LogP contribution in [0.4, 0.5) is 0 Å². The summed E-state index contributed by atoms with van der Waals surface area (Å²) in [7, 11) is 0. The second kappa shape index (κ2) is 6.96. The van der Waals surface area contributed by atoms with Gasteiger partial charge in [0.1, 0.15) is 12.1 Å². The minimum Gasteiger partial charge on any atom is -0.342 e. The second-order valence-electron chi connectivity index (χ2n) is 3.88. The fourth-order valence-electron chi connectivity index (χ4n) is 1.62. The molecule has 2 unspecified atom stereocenters. The molecular formula is C11H18N2O2S2. The van der Waals surface area contributed by atoms with E-state index in [1.807, 2.05) is 12.5 Å². The minimum absolute atomic E-state index is 0.106. The molecule has 6 heteroatoms. The molecule has 1 heterocycles. The summed E-state index contributed by atoms with van der Waals surface area (Å²) in [6, 6.07) is -0.964. The molecule has 0 aromatic rings. The van der Waals surface area contributed by atoms with E-state index in [9.17, 15) is 9.59 Å². The molecule has 0 saturated carbocycles. The molecule has 1 aliphatic rings. The standard InChI is InChI=1S/C11H18N2O2S2/c1-7(6-17-3)9-11(15)12-8(4-5-16-2)10(14)13-9/h8-9H,1,4-6H2,2-3H3,(H,12,15)(H,13,14). The third kappa shape index (κ3) is 3.96. The topological polar surface area (TPSA) is 58.2 Å². The van der Waals surface area contributed by atoms with Crippen molar-refractivity contribution in [2.75, 3.05) is 24.0 Å². The van der Waals surface area contributed by atoms with Crippen LogP contribution in [0, 0.1) is 0 Å². The van der Waals surface area contributed by atoms with Gasteiger partial charge < -0.3 is 10.6 Å². The highest BCUT2D eigenvalue weighted by molar-refractivity contribution is 7.98. The predicted molar refractivity (Wildman–Crippen MR) is 74.4 cm³/mol. The van der Waals surface area contributed by atoms with Gasteiger partial charge in [-0.2, -0.15) is 23.5 Å². The molecule has 0 spiro atoms. The van der Waals surface area contributed by atoms with E-state index in [-0.39, 0.29) is 11.8 Å². The zero-order valence-electron chi connectivity index (χ0n) is 10.1. The lowest BCUT2D eigenvalue weighted by molar-refractivity contribution is -0.135. The van der Waals surface area contributed by atoms with Crippen molar-refractivity contribution in [1.82, 2.24) is 10.6 Å². The molecule has 2 amide bonds. The zero-order valence-corrected chi connectivity index (χ0v) is 11.7. The quantitative estimate of drug-likeness (QED) is 0.698. The number of piperazine rings is 1.